The predicted molar refractivity (Wildman–Crippen MR) is 62.4 cm³/mol. The van der Waals surface area contributed by atoms with Crippen LogP contribution in [0.4, 0.5) is 0 Å². The van der Waals surface area contributed by atoms with Gasteiger partial charge in [0.1, 0.15) is 10.4 Å². The lowest BCUT2D eigenvalue weighted by atomic mass is 10.5. The van der Waals surface area contributed by atoms with Crippen molar-refractivity contribution < 1.29 is 4.74 Å². The maximum atomic E-state index is 5.56. The van der Waals surface area contributed by atoms with Crippen molar-refractivity contribution in [3.63, 3.8) is 0 Å². The van der Waals surface area contributed by atoms with Gasteiger partial charge in [0.2, 0.25) is 5.88 Å². The third-order valence-corrected chi connectivity index (χ3v) is 2.35. The van der Waals surface area contributed by atoms with Crippen molar-refractivity contribution in [2.45, 2.75) is 20.4 Å². The molecular weight excluding hydrogens is 272 g/mol. The molecule has 0 saturated carbocycles. The van der Waals surface area contributed by atoms with Crippen LogP contribution in [-0.2, 0) is 6.54 Å². The molecule has 0 aliphatic carbocycles. The fourth-order valence-corrected chi connectivity index (χ4v) is 1.70. The van der Waals surface area contributed by atoms with Crippen molar-refractivity contribution in [2.75, 3.05) is 0 Å². The van der Waals surface area contributed by atoms with Crippen molar-refractivity contribution in [3.8, 4) is 11.6 Å². The molecular formula is C10H11BrN4O. The van der Waals surface area contributed by atoms with Gasteiger partial charge in [-0.1, -0.05) is 0 Å². The molecule has 0 radical (unpaired) electrons. The number of aromatic nitrogens is 4. The Morgan fingerprint density at radius 2 is 2.25 bits per heavy atom. The summed E-state index contributed by atoms with van der Waals surface area (Å²) < 4.78 is 8.05. The zero-order valence-electron chi connectivity index (χ0n) is 9.01. The summed E-state index contributed by atoms with van der Waals surface area (Å²) in [6.07, 6.45) is 3.49. The summed E-state index contributed by atoms with van der Waals surface area (Å²) in [6.45, 7) is 4.64. The van der Waals surface area contributed by atoms with E-state index in [4.69, 9.17) is 4.74 Å². The molecule has 0 aliphatic rings. The van der Waals surface area contributed by atoms with Crippen LogP contribution in [0.2, 0.25) is 0 Å². The van der Waals surface area contributed by atoms with Gasteiger partial charge >= 0.3 is 0 Å². The first-order chi connectivity index (χ1) is 7.67. The molecule has 2 rings (SSSR count). The van der Waals surface area contributed by atoms with Crippen LogP contribution < -0.4 is 4.74 Å². The minimum atomic E-state index is 0.509. The Morgan fingerprint density at radius 1 is 1.44 bits per heavy atom. The van der Waals surface area contributed by atoms with Gasteiger partial charge in [0.15, 0.2) is 5.75 Å². The summed E-state index contributed by atoms with van der Waals surface area (Å²) in [7, 11) is 0. The molecule has 0 aromatic carbocycles. The summed E-state index contributed by atoms with van der Waals surface area (Å²) in [5.74, 6) is 1.84. The van der Waals surface area contributed by atoms with Crippen LogP contribution in [0, 0.1) is 6.92 Å². The van der Waals surface area contributed by atoms with Crippen LogP contribution in [0.15, 0.2) is 23.1 Å². The van der Waals surface area contributed by atoms with Crippen LogP contribution >= 0.6 is 15.9 Å². The van der Waals surface area contributed by atoms with E-state index in [-0.39, 0.29) is 0 Å². The topological polar surface area (TPSA) is 52.8 Å². The summed E-state index contributed by atoms with van der Waals surface area (Å²) in [6, 6.07) is 1.72. The predicted octanol–water partition coefficient (Wildman–Crippen LogP) is 2.56. The van der Waals surface area contributed by atoms with Gasteiger partial charge in [-0.15, -0.1) is 0 Å². The van der Waals surface area contributed by atoms with Gasteiger partial charge in [-0.05, 0) is 29.8 Å². The number of hydrogen-bond donors (Lipinski definition) is 0. The third-order valence-electron chi connectivity index (χ3n) is 1.94. The van der Waals surface area contributed by atoms with Crippen LogP contribution in [-0.4, -0.2) is 19.7 Å². The Balaban J connectivity index is 2.19. The highest BCUT2D eigenvalue weighted by molar-refractivity contribution is 9.10. The molecule has 0 amide bonds. The molecule has 84 valence electrons. The molecule has 0 N–H and O–H groups in total. The highest BCUT2D eigenvalue weighted by atomic mass is 79.9. The standard InChI is InChI=1S/C10H11BrN4O/c1-3-15-6-8(5-12-15)16-10-4-9(11)13-7(2)14-10/h4-6H,3H2,1-2H3. The van der Waals surface area contributed by atoms with Crippen molar-refractivity contribution in [1.82, 2.24) is 19.7 Å². The van der Waals surface area contributed by atoms with Gasteiger partial charge in [-0.3, -0.25) is 4.68 Å². The molecule has 6 heteroatoms. The molecule has 0 fully saturated rings. The lowest BCUT2D eigenvalue weighted by molar-refractivity contribution is 0.458. The zero-order valence-corrected chi connectivity index (χ0v) is 10.6. The van der Waals surface area contributed by atoms with Gasteiger partial charge in [0.25, 0.3) is 0 Å². The maximum absolute atomic E-state index is 5.56. The van der Waals surface area contributed by atoms with Crippen LogP contribution in [0.25, 0.3) is 0 Å². The second kappa shape index (κ2) is 4.61. The number of hydrogen-bond acceptors (Lipinski definition) is 4. The lowest BCUT2D eigenvalue weighted by Crippen LogP contribution is -1.93. The number of ether oxygens (including phenoxy) is 1. The van der Waals surface area contributed by atoms with E-state index in [1.807, 2.05) is 20.0 Å². The van der Waals surface area contributed by atoms with E-state index in [1.165, 1.54) is 0 Å². The van der Waals surface area contributed by atoms with E-state index in [0.29, 0.717) is 22.1 Å². The minimum absolute atomic E-state index is 0.509. The number of nitrogens with zero attached hydrogens (tertiary/aromatic N) is 4. The average Bonchev–Trinajstić information content (AvgIpc) is 2.64. The molecule has 0 spiro atoms. The minimum Gasteiger partial charge on any atom is -0.436 e. The Labute approximate surface area is 102 Å². The first-order valence-electron chi connectivity index (χ1n) is 4.89. The van der Waals surface area contributed by atoms with E-state index in [1.54, 1.807) is 16.9 Å². The molecule has 0 aliphatic heterocycles. The Hall–Kier alpha value is -1.43. The molecule has 2 aromatic rings. The van der Waals surface area contributed by atoms with Crippen LogP contribution in [0.5, 0.6) is 11.6 Å². The van der Waals surface area contributed by atoms with Crippen LogP contribution in [0.1, 0.15) is 12.7 Å². The number of rotatable bonds is 3. The Morgan fingerprint density at radius 3 is 2.88 bits per heavy atom. The van der Waals surface area contributed by atoms with Crippen molar-refractivity contribution in [1.29, 1.82) is 0 Å². The molecule has 0 saturated heterocycles. The third kappa shape index (κ3) is 2.57. The molecule has 2 aromatic heterocycles. The second-order valence-corrected chi connectivity index (χ2v) is 4.02. The van der Waals surface area contributed by atoms with E-state index < -0.39 is 0 Å². The van der Waals surface area contributed by atoms with Gasteiger partial charge in [0, 0.05) is 12.6 Å². The zero-order chi connectivity index (χ0) is 11.5. The first-order valence-corrected chi connectivity index (χ1v) is 5.68. The second-order valence-electron chi connectivity index (χ2n) is 3.21. The van der Waals surface area contributed by atoms with Crippen molar-refractivity contribution in [3.05, 3.63) is 28.9 Å². The first kappa shape index (κ1) is 11.1. The van der Waals surface area contributed by atoms with Gasteiger partial charge in [0.05, 0.1) is 12.4 Å². The summed E-state index contributed by atoms with van der Waals surface area (Å²) in [5, 5.41) is 4.11. The van der Waals surface area contributed by atoms with Gasteiger partial charge in [-0.2, -0.15) is 10.1 Å². The molecule has 0 unspecified atom stereocenters. The average molecular weight is 283 g/mol. The normalized spacial score (nSPS) is 10.4. The van der Waals surface area contributed by atoms with Crippen LogP contribution in [0.3, 0.4) is 0 Å². The van der Waals surface area contributed by atoms with E-state index in [9.17, 15) is 0 Å². The Bertz CT molecular complexity index is 477. The highest BCUT2D eigenvalue weighted by Crippen LogP contribution is 2.21. The fraction of sp³-hybridized carbons (Fsp3) is 0.300. The summed E-state index contributed by atoms with van der Waals surface area (Å²) in [5.41, 5.74) is 0. The summed E-state index contributed by atoms with van der Waals surface area (Å²) in [4.78, 5) is 8.27. The van der Waals surface area contributed by atoms with Gasteiger partial charge in [-0.25, -0.2) is 4.98 Å². The summed E-state index contributed by atoms with van der Waals surface area (Å²) >= 11 is 3.29. The highest BCUT2D eigenvalue weighted by Gasteiger charge is 2.04. The lowest BCUT2D eigenvalue weighted by Gasteiger charge is -2.02. The quantitative estimate of drug-likeness (QED) is 0.812. The van der Waals surface area contributed by atoms with E-state index in [2.05, 4.69) is 31.0 Å². The number of aryl methyl sites for hydroxylation is 2. The molecule has 2 heterocycles. The molecule has 0 atom stereocenters. The molecule has 16 heavy (non-hydrogen) atoms. The van der Waals surface area contributed by atoms with Crippen molar-refractivity contribution >= 4 is 15.9 Å². The molecule has 0 bridgehead atoms. The fourth-order valence-electron chi connectivity index (χ4n) is 1.25. The van der Waals surface area contributed by atoms with Gasteiger partial charge < -0.3 is 4.74 Å². The maximum Gasteiger partial charge on any atom is 0.223 e. The molecule has 5 nitrogen and oxygen atoms in total. The monoisotopic (exact) mass is 282 g/mol. The smallest absolute Gasteiger partial charge is 0.223 e. The van der Waals surface area contributed by atoms with E-state index in [0.717, 1.165) is 6.54 Å². The van der Waals surface area contributed by atoms with Crippen molar-refractivity contribution in [2.24, 2.45) is 0 Å². The Kier molecular flexibility index (Phi) is 3.19. The van der Waals surface area contributed by atoms with E-state index >= 15 is 0 Å². The largest absolute Gasteiger partial charge is 0.436 e. The SMILES string of the molecule is CCn1cc(Oc2cc(Br)nc(C)n2)cn1. The number of halogens is 1.